The second-order valence-electron chi connectivity index (χ2n) is 5.23. The van der Waals surface area contributed by atoms with Crippen molar-refractivity contribution in [1.82, 2.24) is 15.6 Å². The number of carbonyl (C=O) groups is 1. The predicted octanol–water partition coefficient (Wildman–Crippen LogP) is 2.07. The molecule has 22 heavy (non-hydrogen) atoms. The Morgan fingerprint density at radius 3 is 2.73 bits per heavy atom. The van der Waals surface area contributed by atoms with E-state index in [1.807, 2.05) is 19.9 Å². The molecule has 0 bridgehead atoms. The summed E-state index contributed by atoms with van der Waals surface area (Å²) in [4.78, 5) is 20.4. The van der Waals surface area contributed by atoms with Crippen molar-refractivity contribution in [2.75, 3.05) is 18.4 Å². The summed E-state index contributed by atoms with van der Waals surface area (Å²) in [7, 11) is 0. The number of nitrogens with zero attached hydrogens (tertiary/aromatic N) is 2. The van der Waals surface area contributed by atoms with E-state index < -0.39 is 0 Å². The Labute approximate surface area is 132 Å². The van der Waals surface area contributed by atoms with E-state index in [9.17, 15) is 4.79 Å². The van der Waals surface area contributed by atoms with Crippen LogP contribution in [0.1, 0.15) is 39.2 Å². The van der Waals surface area contributed by atoms with Gasteiger partial charge < -0.3 is 16.0 Å². The number of anilines is 1. The van der Waals surface area contributed by atoms with Gasteiger partial charge in [-0.2, -0.15) is 0 Å². The Bertz CT molecular complexity index is 484. The minimum absolute atomic E-state index is 0.0838. The van der Waals surface area contributed by atoms with Gasteiger partial charge in [0, 0.05) is 25.2 Å². The lowest BCUT2D eigenvalue weighted by molar-refractivity contribution is -0.116. The van der Waals surface area contributed by atoms with Crippen LogP contribution < -0.4 is 16.0 Å². The third kappa shape index (κ3) is 7.06. The minimum atomic E-state index is -0.0838. The van der Waals surface area contributed by atoms with Crippen molar-refractivity contribution >= 4 is 17.7 Å². The van der Waals surface area contributed by atoms with E-state index in [1.165, 1.54) is 0 Å². The molecule has 1 atom stereocenters. The lowest BCUT2D eigenvalue weighted by Gasteiger charge is -2.16. The topological polar surface area (TPSA) is 78.4 Å². The van der Waals surface area contributed by atoms with Gasteiger partial charge in [0.25, 0.3) is 0 Å². The molecule has 1 aromatic heterocycles. The normalized spacial score (nSPS) is 12.6. The smallest absolute Gasteiger partial charge is 0.227 e. The van der Waals surface area contributed by atoms with Gasteiger partial charge in [-0.25, -0.2) is 4.98 Å². The Balaban J connectivity index is 2.43. The van der Waals surface area contributed by atoms with Gasteiger partial charge in [0.15, 0.2) is 5.96 Å². The molecule has 0 aliphatic heterocycles. The van der Waals surface area contributed by atoms with Gasteiger partial charge in [-0.15, -0.1) is 0 Å². The molecule has 0 aromatic carbocycles. The highest BCUT2D eigenvalue weighted by atomic mass is 16.1. The molecular weight excluding hydrogens is 278 g/mol. The molecule has 0 spiro atoms. The van der Waals surface area contributed by atoms with E-state index in [-0.39, 0.29) is 5.91 Å². The number of rotatable bonds is 7. The SMILES string of the molecule is CCNC(=NCCC(=O)Nc1ccc(C)cn1)NC(C)CC. The fourth-order valence-corrected chi connectivity index (χ4v) is 1.67. The van der Waals surface area contributed by atoms with Gasteiger partial charge in [-0.05, 0) is 38.8 Å². The average Bonchev–Trinajstić information content (AvgIpc) is 2.49. The number of nitrogens with one attached hydrogen (secondary N) is 3. The molecule has 1 rings (SSSR count). The lowest BCUT2D eigenvalue weighted by Crippen LogP contribution is -2.42. The number of guanidine groups is 1. The molecule has 0 aliphatic carbocycles. The Hall–Kier alpha value is -2.11. The van der Waals surface area contributed by atoms with E-state index in [0.717, 1.165) is 24.5 Å². The van der Waals surface area contributed by atoms with Crippen molar-refractivity contribution < 1.29 is 4.79 Å². The lowest BCUT2D eigenvalue weighted by atomic mass is 10.3. The van der Waals surface area contributed by atoms with Gasteiger partial charge in [-0.3, -0.25) is 9.79 Å². The van der Waals surface area contributed by atoms with Crippen LogP contribution >= 0.6 is 0 Å². The summed E-state index contributed by atoms with van der Waals surface area (Å²) in [5.41, 5.74) is 1.06. The maximum Gasteiger partial charge on any atom is 0.227 e. The first-order chi connectivity index (χ1) is 10.5. The average molecular weight is 305 g/mol. The van der Waals surface area contributed by atoms with Gasteiger partial charge in [-0.1, -0.05) is 13.0 Å². The highest BCUT2D eigenvalue weighted by Crippen LogP contribution is 2.04. The molecular formula is C16H27N5O. The monoisotopic (exact) mass is 305 g/mol. The summed E-state index contributed by atoms with van der Waals surface area (Å²) in [5, 5.41) is 9.23. The first kappa shape index (κ1) is 17.9. The number of hydrogen-bond donors (Lipinski definition) is 3. The summed E-state index contributed by atoms with van der Waals surface area (Å²) in [6.45, 7) is 9.42. The highest BCUT2D eigenvalue weighted by Gasteiger charge is 2.05. The zero-order chi connectivity index (χ0) is 16.4. The maximum absolute atomic E-state index is 11.9. The van der Waals surface area contributed by atoms with Crippen LogP contribution in [0, 0.1) is 6.92 Å². The van der Waals surface area contributed by atoms with E-state index in [2.05, 4.69) is 39.8 Å². The fraction of sp³-hybridized carbons (Fsp3) is 0.562. The minimum Gasteiger partial charge on any atom is -0.357 e. The predicted molar refractivity (Wildman–Crippen MR) is 91.1 cm³/mol. The van der Waals surface area contributed by atoms with Gasteiger partial charge >= 0.3 is 0 Å². The van der Waals surface area contributed by atoms with Crippen molar-refractivity contribution in [2.24, 2.45) is 4.99 Å². The van der Waals surface area contributed by atoms with E-state index >= 15 is 0 Å². The molecule has 3 N–H and O–H groups in total. The third-order valence-electron chi connectivity index (χ3n) is 3.13. The first-order valence-corrected chi connectivity index (χ1v) is 7.82. The van der Waals surface area contributed by atoms with Crippen molar-refractivity contribution in [3.8, 4) is 0 Å². The number of aliphatic imine (C=N–C) groups is 1. The van der Waals surface area contributed by atoms with Crippen molar-refractivity contribution in [1.29, 1.82) is 0 Å². The molecule has 0 radical (unpaired) electrons. The zero-order valence-electron chi connectivity index (χ0n) is 13.9. The van der Waals surface area contributed by atoms with Crippen molar-refractivity contribution in [3.63, 3.8) is 0 Å². The van der Waals surface area contributed by atoms with Crippen LogP contribution in [0.3, 0.4) is 0 Å². The third-order valence-corrected chi connectivity index (χ3v) is 3.13. The van der Waals surface area contributed by atoms with Crippen LogP contribution in [-0.2, 0) is 4.79 Å². The van der Waals surface area contributed by atoms with Crippen LogP contribution in [0.25, 0.3) is 0 Å². The van der Waals surface area contributed by atoms with E-state index in [0.29, 0.717) is 24.8 Å². The molecule has 1 unspecified atom stereocenters. The summed E-state index contributed by atoms with van der Waals surface area (Å²) in [6.07, 6.45) is 3.07. The van der Waals surface area contributed by atoms with Crippen molar-refractivity contribution in [3.05, 3.63) is 23.9 Å². The Morgan fingerprint density at radius 2 is 2.14 bits per heavy atom. The van der Waals surface area contributed by atoms with Crippen LogP contribution in [0.2, 0.25) is 0 Å². The summed E-state index contributed by atoms with van der Waals surface area (Å²) in [5.74, 6) is 1.24. The maximum atomic E-state index is 11.9. The molecule has 0 saturated carbocycles. The molecule has 0 saturated heterocycles. The summed E-state index contributed by atoms with van der Waals surface area (Å²) >= 11 is 0. The molecule has 1 aromatic rings. The molecule has 1 heterocycles. The van der Waals surface area contributed by atoms with Crippen LogP contribution in [0.4, 0.5) is 5.82 Å². The van der Waals surface area contributed by atoms with Gasteiger partial charge in [0.2, 0.25) is 5.91 Å². The fourth-order valence-electron chi connectivity index (χ4n) is 1.67. The largest absolute Gasteiger partial charge is 0.357 e. The van der Waals surface area contributed by atoms with Gasteiger partial charge in [0.05, 0.1) is 6.54 Å². The number of amides is 1. The van der Waals surface area contributed by atoms with E-state index in [1.54, 1.807) is 12.3 Å². The molecule has 0 fully saturated rings. The molecule has 6 heteroatoms. The number of pyridine rings is 1. The zero-order valence-corrected chi connectivity index (χ0v) is 13.9. The molecule has 1 amide bonds. The van der Waals surface area contributed by atoms with Crippen LogP contribution in [0.5, 0.6) is 0 Å². The highest BCUT2D eigenvalue weighted by molar-refractivity contribution is 5.90. The molecule has 0 aliphatic rings. The number of carbonyl (C=O) groups excluding carboxylic acids is 1. The molecule has 122 valence electrons. The Kier molecular flexibility index (Phi) is 7.96. The number of hydrogen-bond acceptors (Lipinski definition) is 3. The number of aromatic nitrogens is 1. The Morgan fingerprint density at radius 1 is 1.36 bits per heavy atom. The second-order valence-corrected chi connectivity index (χ2v) is 5.23. The summed E-state index contributed by atoms with van der Waals surface area (Å²) < 4.78 is 0. The standard InChI is InChI=1S/C16H27N5O/c1-5-13(4)20-16(17-6-2)18-10-9-15(22)21-14-8-7-12(3)11-19-14/h7-8,11,13H,5-6,9-10H2,1-4H3,(H2,17,18,20)(H,19,21,22). The quantitative estimate of drug-likeness (QED) is 0.532. The summed E-state index contributed by atoms with van der Waals surface area (Å²) in [6, 6.07) is 4.06. The van der Waals surface area contributed by atoms with Gasteiger partial charge in [0.1, 0.15) is 5.82 Å². The second kappa shape index (κ2) is 9.76. The van der Waals surface area contributed by atoms with Crippen LogP contribution in [-0.4, -0.2) is 36.0 Å². The molecule has 6 nitrogen and oxygen atoms in total. The van der Waals surface area contributed by atoms with E-state index in [4.69, 9.17) is 0 Å². The van der Waals surface area contributed by atoms with Crippen molar-refractivity contribution in [2.45, 2.75) is 46.6 Å². The van der Waals surface area contributed by atoms with Crippen LogP contribution in [0.15, 0.2) is 23.3 Å². The first-order valence-electron chi connectivity index (χ1n) is 7.82. The number of aryl methyl sites for hydroxylation is 1.